The van der Waals surface area contributed by atoms with E-state index in [1.165, 1.54) is 0 Å². The first-order valence-electron chi connectivity index (χ1n) is 4.71. The first-order chi connectivity index (χ1) is 6.54. The molecule has 0 unspecified atom stereocenters. The molecule has 0 saturated carbocycles. The molecule has 78 valence electrons. The number of aromatic nitrogens is 2. The number of aryl methyl sites for hydroxylation is 1. The summed E-state index contributed by atoms with van der Waals surface area (Å²) >= 11 is 0. The summed E-state index contributed by atoms with van der Waals surface area (Å²) in [5, 5.41) is 0. The predicted molar refractivity (Wildman–Crippen MR) is 56.3 cm³/mol. The van der Waals surface area contributed by atoms with Gasteiger partial charge in [0.1, 0.15) is 5.82 Å². The molecule has 1 rings (SSSR count). The minimum atomic E-state index is 0.427. The predicted octanol–water partition coefficient (Wildman–Crippen LogP) is 1.57. The first-order valence-corrected chi connectivity index (χ1v) is 4.71. The molecule has 1 aromatic rings. The van der Waals surface area contributed by atoms with Crippen LogP contribution in [0.25, 0.3) is 0 Å². The van der Waals surface area contributed by atoms with Crippen LogP contribution in [-0.2, 0) is 6.42 Å². The summed E-state index contributed by atoms with van der Waals surface area (Å²) in [5.41, 5.74) is 6.53. The minimum Gasteiger partial charge on any atom is -0.491 e. The third kappa shape index (κ3) is 2.34. The smallest absolute Gasteiger partial charge is 0.182 e. The Bertz CT molecular complexity index is 300. The third-order valence-corrected chi connectivity index (χ3v) is 1.90. The van der Waals surface area contributed by atoms with Crippen molar-refractivity contribution in [1.82, 2.24) is 9.97 Å². The van der Waals surface area contributed by atoms with Crippen LogP contribution >= 0.6 is 0 Å². The zero-order chi connectivity index (χ0) is 10.7. The van der Waals surface area contributed by atoms with Crippen molar-refractivity contribution in [2.45, 2.75) is 27.2 Å². The zero-order valence-electron chi connectivity index (χ0n) is 9.16. The molecule has 0 atom stereocenters. The van der Waals surface area contributed by atoms with E-state index in [-0.39, 0.29) is 0 Å². The Balaban J connectivity index is 3.01. The van der Waals surface area contributed by atoms with Gasteiger partial charge < -0.3 is 10.5 Å². The van der Waals surface area contributed by atoms with E-state index in [4.69, 9.17) is 10.5 Å². The van der Waals surface area contributed by atoms with Gasteiger partial charge in [-0.25, -0.2) is 9.97 Å². The number of hydrogen-bond donors (Lipinski definition) is 1. The highest BCUT2D eigenvalue weighted by molar-refractivity contribution is 5.48. The lowest BCUT2D eigenvalue weighted by Gasteiger charge is -2.09. The number of nitrogen functional groups attached to an aromatic ring is 1. The van der Waals surface area contributed by atoms with Gasteiger partial charge in [-0.05, 0) is 12.8 Å². The van der Waals surface area contributed by atoms with Gasteiger partial charge in [-0.3, -0.25) is 0 Å². The van der Waals surface area contributed by atoms with Gasteiger partial charge in [0.2, 0.25) is 0 Å². The molecular weight excluding hydrogens is 178 g/mol. The fraction of sp³-hybridized carbons (Fsp3) is 0.600. The SMILES string of the molecule is COc1c(C)nc(CC(C)C)nc1N. The van der Waals surface area contributed by atoms with Crippen molar-refractivity contribution in [2.24, 2.45) is 5.92 Å². The van der Waals surface area contributed by atoms with Crippen LogP contribution in [0.5, 0.6) is 5.75 Å². The van der Waals surface area contributed by atoms with E-state index in [1.807, 2.05) is 6.92 Å². The zero-order valence-corrected chi connectivity index (χ0v) is 9.16. The molecule has 0 radical (unpaired) electrons. The molecule has 4 nitrogen and oxygen atoms in total. The van der Waals surface area contributed by atoms with Crippen molar-refractivity contribution in [3.63, 3.8) is 0 Å². The molecule has 0 amide bonds. The summed E-state index contributed by atoms with van der Waals surface area (Å²) < 4.78 is 5.09. The fourth-order valence-corrected chi connectivity index (χ4v) is 1.35. The number of nitrogens with two attached hydrogens (primary N) is 1. The maximum atomic E-state index is 5.73. The summed E-state index contributed by atoms with van der Waals surface area (Å²) in [5.74, 6) is 2.33. The van der Waals surface area contributed by atoms with Crippen molar-refractivity contribution in [1.29, 1.82) is 0 Å². The number of hydrogen-bond acceptors (Lipinski definition) is 4. The molecule has 0 saturated heterocycles. The summed E-state index contributed by atoms with van der Waals surface area (Å²) in [6.45, 7) is 6.12. The lowest BCUT2D eigenvalue weighted by atomic mass is 10.1. The molecule has 1 aromatic heterocycles. The van der Waals surface area contributed by atoms with Crippen LogP contribution < -0.4 is 10.5 Å². The molecule has 4 heteroatoms. The second kappa shape index (κ2) is 4.26. The number of rotatable bonds is 3. The van der Waals surface area contributed by atoms with E-state index < -0.39 is 0 Å². The Hall–Kier alpha value is -1.32. The molecule has 2 N–H and O–H groups in total. The van der Waals surface area contributed by atoms with Gasteiger partial charge in [0.25, 0.3) is 0 Å². The molecule has 14 heavy (non-hydrogen) atoms. The van der Waals surface area contributed by atoms with Gasteiger partial charge in [-0.2, -0.15) is 0 Å². The second-order valence-corrected chi connectivity index (χ2v) is 3.74. The van der Waals surface area contributed by atoms with Crippen LogP contribution in [0.4, 0.5) is 5.82 Å². The van der Waals surface area contributed by atoms with Crippen molar-refractivity contribution in [3.05, 3.63) is 11.5 Å². The maximum absolute atomic E-state index is 5.73. The fourth-order valence-electron chi connectivity index (χ4n) is 1.35. The quantitative estimate of drug-likeness (QED) is 0.795. The first kappa shape index (κ1) is 10.8. The van der Waals surface area contributed by atoms with Crippen LogP contribution in [0.1, 0.15) is 25.4 Å². The molecule has 0 spiro atoms. The van der Waals surface area contributed by atoms with Gasteiger partial charge in [0.15, 0.2) is 11.6 Å². The van der Waals surface area contributed by atoms with E-state index in [0.29, 0.717) is 17.5 Å². The average Bonchev–Trinajstić information content (AvgIpc) is 2.01. The van der Waals surface area contributed by atoms with Gasteiger partial charge >= 0.3 is 0 Å². The highest BCUT2D eigenvalue weighted by Gasteiger charge is 2.09. The van der Waals surface area contributed by atoms with Crippen molar-refractivity contribution >= 4 is 5.82 Å². The molecule has 0 aliphatic carbocycles. The lowest BCUT2D eigenvalue weighted by Crippen LogP contribution is -2.07. The Labute approximate surface area is 84.5 Å². The number of ether oxygens (including phenoxy) is 1. The molecule has 0 aliphatic rings. The maximum Gasteiger partial charge on any atom is 0.182 e. The third-order valence-electron chi connectivity index (χ3n) is 1.90. The standard InChI is InChI=1S/C10H17N3O/c1-6(2)5-8-12-7(3)9(14-4)10(11)13-8/h6H,5H2,1-4H3,(H2,11,12,13). The summed E-state index contributed by atoms with van der Waals surface area (Å²) in [4.78, 5) is 8.52. The number of nitrogens with zero attached hydrogens (tertiary/aromatic N) is 2. The van der Waals surface area contributed by atoms with Crippen molar-refractivity contribution in [2.75, 3.05) is 12.8 Å². The van der Waals surface area contributed by atoms with Gasteiger partial charge in [-0.15, -0.1) is 0 Å². The van der Waals surface area contributed by atoms with Crippen LogP contribution in [0.15, 0.2) is 0 Å². The largest absolute Gasteiger partial charge is 0.491 e. The Morgan fingerprint density at radius 3 is 2.43 bits per heavy atom. The topological polar surface area (TPSA) is 61.0 Å². The van der Waals surface area contributed by atoms with E-state index in [0.717, 1.165) is 17.9 Å². The second-order valence-electron chi connectivity index (χ2n) is 3.74. The average molecular weight is 195 g/mol. The van der Waals surface area contributed by atoms with Crippen molar-refractivity contribution < 1.29 is 4.74 Å². The summed E-state index contributed by atoms with van der Waals surface area (Å²) in [6.07, 6.45) is 0.842. The molecule has 0 bridgehead atoms. The molecule has 0 aliphatic heterocycles. The van der Waals surface area contributed by atoms with Gasteiger partial charge in [0.05, 0.1) is 12.8 Å². The van der Waals surface area contributed by atoms with E-state index in [2.05, 4.69) is 23.8 Å². The van der Waals surface area contributed by atoms with Crippen molar-refractivity contribution in [3.8, 4) is 5.75 Å². The van der Waals surface area contributed by atoms with Gasteiger partial charge in [-0.1, -0.05) is 13.8 Å². The van der Waals surface area contributed by atoms with E-state index in [1.54, 1.807) is 7.11 Å². The highest BCUT2D eigenvalue weighted by atomic mass is 16.5. The van der Waals surface area contributed by atoms with E-state index in [9.17, 15) is 0 Å². The van der Waals surface area contributed by atoms with Crippen LogP contribution in [0, 0.1) is 12.8 Å². The Morgan fingerprint density at radius 1 is 1.36 bits per heavy atom. The van der Waals surface area contributed by atoms with E-state index >= 15 is 0 Å². The van der Waals surface area contributed by atoms with Crippen LogP contribution in [-0.4, -0.2) is 17.1 Å². The molecule has 0 fully saturated rings. The van der Waals surface area contributed by atoms with Gasteiger partial charge in [0, 0.05) is 6.42 Å². The number of methoxy groups -OCH3 is 1. The molecule has 0 aromatic carbocycles. The minimum absolute atomic E-state index is 0.427. The Morgan fingerprint density at radius 2 is 2.00 bits per heavy atom. The normalized spacial score (nSPS) is 10.6. The summed E-state index contributed by atoms with van der Waals surface area (Å²) in [7, 11) is 1.57. The highest BCUT2D eigenvalue weighted by Crippen LogP contribution is 2.22. The Kier molecular flexibility index (Phi) is 3.28. The molecule has 1 heterocycles. The van der Waals surface area contributed by atoms with Crippen LogP contribution in [0.3, 0.4) is 0 Å². The molecular formula is C10H17N3O. The monoisotopic (exact) mass is 195 g/mol. The lowest BCUT2D eigenvalue weighted by molar-refractivity contribution is 0.408. The number of anilines is 1. The summed E-state index contributed by atoms with van der Waals surface area (Å²) in [6, 6.07) is 0. The van der Waals surface area contributed by atoms with Crippen LogP contribution in [0.2, 0.25) is 0 Å².